The van der Waals surface area contributed by atoms with E-state index in [-0.39, 0.29) is 11.5 Å². The maximum absolute atomic E-state index is 10.7. The molecular weight excluding hydrogens is 202 g/mol. The number of hydrogen-bond donors (Lipinski definition) is 2. The molecule has 0 aromatic carbocycles. The fourth-order valence-corrected chi connectivity index (χ4v) is 3.25. The Morgan fingerprint density at radius 3 is 2.62 bits per heavy atom. The lowest BCUT2D eigenvalue weighted by molar-refractivity contribution is -0.181. The zero-order valence-electron chi connectivity index (χ0n) is 10.5. The standard InChI is InChI=1S/C13H25NO2/c1-10(2)13(15,9-14)11-4-7-16-12(8-11)5-3-6-12/h10-11,15H,3-9,14H2,1-2H3. The van der Waals surface area contributed by atoms with Crippen molar-refractivity contribution in [1.29, 1.82) is 0 Å². The van der Waals surface area contributed by atoms with Crippen LogP contribution in [0.5, 0.6) is 0 Å². The van der Waals surface area contributed by atoms with Gasteiger partial charge in [0.15, 0.2) is 0 Å². The number of ether oxygens (including phenoxy) is 1. The molecule has 2 rings (SSSR count). The first-order valence-electron chi connectivity index (χ1n) is 6.59. The molecule has 3 heteroatoms. The zero-order valence-corrected chi connectivity index (χ0v) is 10.5. The summed E-state index contributed by atoms with van der Waals surface area (Å²) in [7, 11) is 0. The van der Waals surface area contributed by atoms with Gasteiger partial charge in [0.05, 0.1) is 11.2 Å². The van der Waals surface area contributed by atoms with Crippen LogP contribution in [0.2, 0.25) is 0 Å². The van der Waals surface area contributed by atoms with Crippen molar-refractivity contribution in [3.63, 3.8) is 0 Å². The Bertz CT molecular complexity index is 250. The van der Waals surface area contributed by atoms with Crippen molar-refractivity contribution in [1.82, 2.24) is 0 Å². The van der Waals surface area contributed by atoms with Crippen LogP contribution in [0, 0.1) is 11.8 Å². The molecule has 94 valence electrons. The lowest BCUT2D eigenvalue weighted by atomic mass is 9.65. The molecule has 3 nitrogen and oxygen atoms in total. The lowest BCUT2D eigenvalue weighted by Gasteiger charge is -2.51. The fourth-order valence-electron chi connectivity index (χ4n) is 3.25. The second kappa shape index (κ2) is 4.28. The minimum Gasteiger partial charge on any atom is -0.388 e. The molecule has 2 unspecified atom stereocenters. The molecule has 2 atom stereocenters. The second-order valence-corrected chi connectivity index (χ2v) is 5.92. The Labute approximate surface area is 98.4 Å². The van der Waals surface area contributed by atoms with Crippen LogP contribution < -0.4 is 5.73 Å². The van der Waals surface area contributed by atoms with Gasteiger partial charge in [-0.2, -0.15) is 0 Å². The van der Waals surface area contributed by atoms with Crippen molar-refractivity contribution in [3.8, 4) is 0 Å². The van der Waals surface area contributed by atoms with Crippen molar-refractivity contribution in [2.45, 2.75) is 57.2 Å². The third-order valence-electron chi connectivity index (χ3n) is 4.79. The van der Waals surface area contributed by atoms with E-state index in [4.69, 9.17) is 10.5 Å². The van der Waals surface area contributed by atoms with Gasteiger partial charge < -0.3 is 15.6 Å². The summed E-state index contributed by atoms with van der Waals surface area (Å²) in [5.74, 6) is 0.532. The van der Waals surface area contributed by atoms with E-state index >= 15 is 0 Å². The van der Waals surface area contributed by atoms with Crippen LogP contribution in [0.3, 0.4) is 0 Å². The Morgan fingerprint density at radius 1 is 1.50 bits per heavy atom. The molecule has 1 aliphatic heterocycles. The topological polar surface area (TPSA) is 55.5 Å². The van der Waals surface area contributed by atoms with E-state index in [2.05, 4.69) is 13.8 Å². The zero-order chi connectivity index (χ0) is 11.8. The first kappa shape index (κ1) is 12.3. The van der Waals surface area contributed by atoms with Crippen LogP contribution in [0.1, 0.15) is 46.0 Å². The van der Waals surface area contributed by atoms with Crippen molar-refractivity contribution >= 4 is 0 Å². The lowest BCUT2D eigenvalue weighted by Crippen LogP contribution is -2.56. The highest BCUT2D eigenvalue weighted by atomic mass is 16.5. The van der Waals surface area contributed by atoms with Gasteiger partial charge in [-0.3, -0.25) is 0 Å². The van der Waals surface area contributed by atoms with Crippen LogP contribution in [-0.4, -0.2) is 29.5 Å². The largest absolute Gasteiger partial charge is 0.388 e. The van der Waals surface area contributed by atoms with E-state index < -0.39 is 5.60 Å². The molecular formula is C13H25NO2. The highest BCUT2D eigenvalue weighted by Crippen LogP contribution is 2.47. The van der Waals surface area contributed by atoms with Gasteiger partial charge >= 0.3 is 0 Å². The van der Waals surface area contributed by atoms with Gasteiger partial charge in [-0.15, -0.1) is 0 Å². The first-order chi connectivity index (χ1) is 7.52. The quantitative estimate of drug-likeness (QED) is 0.771. The van der Waals surface area contributed by atoms with E-state index in [1.807, 2.05) is 0 Å². The molecule has 0 aromatic heterocycles. The van der Waals surface area contributed by atoms with Gasteiger partial charge in [0, 0.05) is 13.2 Å². The summed E-state index contributed by atoms with van der Waals surface area (Å²) in [6, 6.07) is 0. The maximum atomic E-state index is 10.7. The molecule has 1 saturated carbocycles. The number of aliphatic hydroxyl groups is 1. The summed E-state index contributed by atoms with van der Waals surface area (Å²) < 4.78 is 5.90. The van der Waals surface area contributed by atoms with Crippen LogP contribution in [0.25, 0.3) is 0 Å². The third kappa shape index (κ3) is 1.89. The van der Waals surface area contributed by atoms with Gasteiger partial charge in [-0.05, 0) is 43.9 Å². The minimum absolute atomic E-state index is 0.0982. The molecule has 16 heavy (non-hydrogen) atoms. The molecule has 2 aliphatic rings. The summed E-state index contributed by atoms with van der Waals surface area (Å²) in [6.07, 6.45) is 5.56. The molecule has 1 heterocycles. The van der Waals surface area contributed by atoms with Gasteiger partial charge in [0.1, 0.15) is 0 Å². The summed E-state index contributed by atoms with van der Waals surface area (Å²) >= 11 is 0. The molecule has 3 N–H and O–H groups in total. The fraction of sp³-hybridized carbons (Fsp3) is 1.00. The van der Waals surface area contributed by atoms with Crippen LogP contribution >= 0.6 is 0 Å². The van der Waals surface area contributed by atoms with Crippen molar-refractivity contribution in [3.05, 3.63) is 0 Å². The van der Waals surface area contributed by atoms with Crippen molar-refractivity contribution in [2.24, 2.45) is 17.6 Å². The predicted octanol–water partition coefficient (Wildman–Crippen LogP) is 1.68. The third-order valence-corrected chi connectivity index (χ3v) is 4.79. The van der Waals surface area contributed by atoms with E-state index in [0.29, 0.717) is 12.5 Å². The molecule has 1 spiro atoms. The summed E-state index contributed by atoms with van der Waals surface area (Å²) in [4.78, 5) is 0. The van der Waals surface area contributed by atoms with Crippen molar-refractivity contribution in [2.75, 3.05) is 13.2 Å². The average Bonchev–Trinajstić information content (AvgIpc) is 2.25. The highest BCUT2D eigenvalue weighted by Gasteiger charge is 2.49. The molecule has 0 bridgehead atoms. The first-order valence-corrected chi connectivity index (χ1v) is 6.59. The average molecular weight is 227 g/mol. The second-order valence-electron chi connectivity index (χ2n) is 5.92. The van der Waals surface area contributed by atoms with Crippen molar-refractivity contribution < 1.29 is 9.84 Å². The monoisotopic (exact) mass is 227 g/mol. The number of hydrogen-bond acceptors (Lipinski definition) is 3. The molecule has 0 radical (unpaired) electrons. The maximum Gasteiger partial charge on any atom is 0.0821 e. The van der Waals surface area contributed by atoms with Gasteiger partial charge in [0.2, 0.25) is 0 Å². The van der Waals surface area contributed by atoms with E-state index in [9.17, 15) is 5.11 Å². The predicted molar refractivity (Wildman–Crippen MR) is 64.1 cm³/mol. The molecule has 2 fully saturated rings. The molecule has 0 aromatic rings. The molecule has 0 amide bonds. The Balaban J connectivity index is 2.08. The normalized spacial score (nSPS) is 32.4. The summed E-state index contributed by atoms with van der Waals surface area (Å²) in [5, 5.41) is 10.7. The van der Waals surface area contributed by atoms with E-state index in [0.717, 1.165) is 19.4 Å². The van der Waals surface area contributed by atoms with Crippen LogP contribution in [0.15, 0.2) is 0 Å². The van der Waals surface area contributed by atoms with Crippen LogP contribution in [-0.2, 0) is 4.74 Å². The van der Waals surface area contributed by atoms with Gasteiger partial charge in [0.25, 0.3) is 0 Å². The number of rotatable bonds is 3. The highest BCUT2D eigenvalue weighted by molar-refractivity contribution is 5.00. The number of nitrogens with two attached hydrogens (primary N) is 1. The summed E-state index contributed by atoms with van der Waals surface area (Å²) in [6.45, 7) is 5.29. The summed E-state index contributed by atoms with van der Waals surface area (Å²) in [5.41, 5.74) is 5.19. The van der Waals surface area contributed by atoms with E-state index in [1.165, 1.54) is 19.3 Å². The Morgan fingerprint density at radius 2 is 2.19 bits per heavy atom. The molecule has 1 aliphatic carbocycles. The Hall–Kier alpha value is -0.120. The van der Waals surface area contributed by atoms with Gasteiger partial charge in [-0.1, -0.05) is 13.8 Å². The molecule has 1 saturated heterocycles. The van der Waals surface area contributed by atoms with Gasteiger partial charge in [-0.25, -0.2) is 0 Å². The smallest absolute Gasteiger partial charge is 0.0821 e. The SMILES string of the molecule is CC(C)C(O)(CN)C1CCOC2(CCC2)C1. The minimum atomic E-state index is -0.702. The van der Waals surface area contributed by atoms with Crippen LogP contribution in [0.4, 0.5) is 0 Å². The Kier molecular flexibility index (Phi) is 3.30. The van der Waals surface area contributed by atoms with E-state index in [1.54, 1.807) is 0 Å².